The number of aromatic nitrogens is 5. The van der Waals surface area contributed by atoms with Crippen LogP contribution in [0.4, 0.5) is 10.2 Å². The molecule has 142 valence electrons. The second-order valence-electron chi connectivity index (χ2n) is 6.75. The maximum absolute atomic E-state index is 14.6. The van der Waals surface area contributed by atoms with Gasteiger partial charge in [0.2, 0.25) is 0 Å². The van der Waals surface area contributed by atoms with Gasteiger partial charge in [-0.05, 0) is 36.8 Å². The van der Waals surface area contributed by atoms with Crippen molar-refractivity contribution >= 4 is 27.9 Å². The van der Waals surface area contributed by atoms with Gasteiger partial charge in [-0.15, -0.1) is 0 Å². The Morgan fingerprint density at radius 3 is 2.76 bits per heavy atom. The van der Waals surface area contributed by atoms with Gasteiger partial charge in [-0.25, -0.2) is 24.3 Å². The average molecular weight is 384 g/mol. The molecule has 6 nitrogen and oxygen atoms in total. The first-order valence-corrected chi connectivity index (χ1v) is 9.24. The largest absolute Gasteiger partial charge is 0.362 e. The summed E-state index contributed by atoms with van der Waals surface area (Å²) in [7, 11) is 0. The number of nitrogens with zero attached hydrogens (tertiary/aromatic N) is 4. The summed E-state index contributed by atoms with van der Waals surface area (Å²) in [6.45, 7) is 2.31. The van der Waals surface area contributed by atoms with Gasteiger partial charge in [-0.3, -0.25) is 0 Å². The Balaban J connectivity index is 1.63. The van der Waals surface area contributed by atoms with Gasteiger partial charge in [0.05, 0.1) is 40.8 Å². The number of pyridine rings is 1. The van der Waals surface area contributed by atoms with E-state index in [0.29, 0.717) is 29.3 Å². The van der Waals surface area contributed by atoms with Crippen LogP contribution in [0, 0.1) is 12.7 Å². The van der Waals surface area contributed by atoms with Gasteiger partial charge in [-0.2, -0.15) is 0 Å². The van der Waals surface area contributed by atoms with E-state index in [-0.39, 0.29) is 5.82 Å². The number of nitrogens with one attached hydrogen (secondary N) is 2. The Morgan fingerprint density at radius 2 is 1.86 bits per heavy atom. The van der Waals surface area contributed by atoms with E-state index in [1.807, 2.05) is 31.2 Å². The number of para-hydroxylation sites is 1. The molecule has 0 unspecified atom stereocenters. The van der Waals surface area contributed by atoms with E-state index in [9.17, 15) is 4.39 Å². The van der Waals surface area contributed by atoms with Crippen LogP contribution in [0.25, 0.3) is 33.3 Å². The molecule has 0 aliphatic rings. The van der Waals surface area contributed by atoms with E-state index in [4.69, 9.17) is 9.97 Å². The molecule has 0 saturated carbocycles. The quantitative estimate of drug-likeness (QED) is 0.472. The lowest BCUT2D eigenvalue weighted by molar-refractivity contribution is 0.630. The van der Waals surface area contributed by atoms with Crippen molar-refractivity contribution < 1.29 is 4.39 Å². The van der Waals surface area contributed by atoms with Crippen LogP contribution in [0.3, 0.4) is 0 Å². The number of hydrogen-bond donors (Lipinski definition) is 2. The maximum atomic E-state index is 14.6. The summed E-state index contributed by atoms with van der Waals surface area (Å²) in [4.78, 5) is 21.3. The van der Waals surface area contributed by atoms with Crippen molar-refractivity contribution in [2.45, 2.75) is 13.5 Å². The minimum Gasteiger partial charge on any atom is -0.362 e. The number of benzene rings is 2. The zero-order valence-corrected chi connectivity index (χ0v) is 15.6. The summed E-state index contributed by atoms with van der Waals surface area (Å²) in [6, 6.07) is 14.3. The van der Waals surface area contributed by atoms with Gasteiger partial charge in [0.15, 0.2) is 5.82 Å². The predicted molar refractivity (Wildman–Crippen MR) is 111 cm³/mol. The van der Waals surface area contributed by atoms with E-state index in [1.165, 1.54) is 6.07 Å². The van der Waals surface area contributed by atoms with Crippen LogP contribution < -0.4 is 5.32 Å². The number of halogens is 1. The molecular weight excluding hydrogens is 367 g/mol. The summed E-state index contributed by atoms with van der Waals surface area (Å²) in [6.07, 6.45) is 3.33. The zero-order valence-electron chi connectivity index (χ0n) is 15.6. The first kappa shape index (κ1) is 17.2. The van der Waals surface area contributed by atoms with Gasteiger partial charge >= 0.3 is 0 Å². The second-order valence-corrected chi connectivity index (χ2v) is 6.75. The van der Waals surface area contributed by atoms with Crippen LogP contribution in [0.5, 0.6) is 0 Å². The SMILES string of the molecule is Cc1cccc2nc(CNc3nccc4[nH]cnc34)c(-c3ccccc3F)nc12. The highest BCUT2D eigenvalue weighted by atomic mass is 19.1. The Bertz CT molecular complexity index is 1340. The molecule has 7 heteroatoms. The number of rotatable bonds is 4. The fourth-order valence-corrected chi connectivity index (χ4v) is 3.41. The second kappa shape index (κ2) is 6.94. The Morgan fingerprint density at radius 1 is 0.966 bits per heavy atom. The lowest BCUT2D eigenvalue weighted by Gasteiger charge is -2.13. The highest BCUT2D eigenvalue weighted by Crippen LogP contribution is 2.28. The van der Waals surface area contributed by atoms with Crippen LogP contribution >= 0.6 is 0 Å². The molecule has 5 rings (SSSR count). The fourth-order valence-electron chi connectivity index (χ4n) is 3.41. The van der Waals surface area contributed by atoms with Crippen LogP contribution in [0.1, 0.15) is 11.3 Å². The van der Waals surface area contributed by atoms with E-state index in [0.717, 1.165) is 27.6 Å². The molecule has 2 aromatic carbocycles. The number of aromatic amines is 1. The molecule has 0 aliphatic heterocycles. The molecule has 0 amide bonds. The average Bonchev–Trinajstić information content (AvgIpc) is 3.22. The summed E-state index contributed by atoms with van der Waals surface area (Å²) >= 11 is 0. The van der Waals surface area contributed by atoms with Crippen molar-refractivity contribution in [3.63, 3.8) is 0 Å². The lowest BCUT2D eigenvalue weighted by Crippen LogP contribution is -2.08. The molecule has 0 aliphatic carbocycles. The number of fused-ring (bicyclic) bond motifs is 2. The molecule has 3 aromatic heterocycles. The topological polar surface area (TPSA) is 79.4 Å². The maximum Gasteiger partial charge on any atom is 0.154 e. The third-order valence-electron chi connectivity index (χ3n) is 4.86. The van der Waals surface area contributed by atoms with Crippen molar-refractivity contribution in [3.05, 3.63) is 78.1 Å². The van der Waals surface area contributed by atoms with Gasteiger partial charge in [0, 0.05) is 11.8 Å². The summed E-state index contributed by atoms with van der Waals surface area (Å²) in [5.74, 6) is 0.304. The van der Waals surface area contributed by atoms with E-state index in [1.54, 1.807) is 30.7 Å². The van der Waals surface area contributed by atoms with Crippen molar-refractivity contribution in [2.75, 3.05) is 5.32 Å². The smallest absolute Gasteiger partial charge is 0.154 e. The first-order chi connectivity index (χ1) is 14.2. The van der Waals surface area contributed by atoms with Gasteiger partial charge in [-0.1, -0.05) is 24.3 Å². The zero-order chi connectivity index (χ0) is 19.8. The highest BCUT2D eigenvalue weighted by molar-refractivity contribution is 5.85. The van der Waals surface area contributed by atoms with Crippen molar-refractivity contribution in [1.82, 2.24) is 24.9 Å². The third kappa shape index (κ3) is 3.06. The van der Waals surface area contributed by atoms with E-state index in [2.05, 4.69) is 20.3 Å². The van der Waals surface area contributed by atoms with Crippen LogP contribution in [-0.2, 0) is 6.54 Å². The van der Waals surface area contributed by atoms with E-state index >= 15 is 0 Å². The molecule has 0 saturated heterocycles. The van der Waals surface area contributed by atoms with Crippen molar-refractivity contribution in [2.24, 2.45) is 0 Å². The number of anilines is 1. The van der Waals surface area contributed by atoms with Crippen molar-refractivity contribution in [1.29, 1.82) is 0 Å². The van der Waals surface area contributed by atoms with Crippen LogP contribution in [0.2, 0.25) is 0 Å². The summed E-state index contributed by atoms with van der Waals surface area (Å²) in [5, 5.41) is 3.28. The monoisotopic (exact) mass is 384 g/mol. The first-order valence-electron chi connectivity index (χ1n) is 9.24. The van der Waals surface area contributed by atoms with Crippen molar-refractivity contribution in [3.8, 4) is 11.3 Å². The number of hydrogen-bond acceptors (Lipinski definition) is 5. The fraction of sp³-hybridized carbons (Fsp3) is 0.0909. The normalized spacial score (nSPS) is 11.2. The Kier molecular flexibility index (Phi) is 4.13. The van der Waals surface area contributed by atoms with Gasteiger partial charge < -0.3 is 10.3 Å². The molecule has 3 heterocycles. The minimum atomic E-state index is -0.330. The molecule has 29 heavy (non-hydrogen) atoms. The van der Waals surface area contributed by atoms with Gasteiger partial charge in [0.1, 0.15) is 11.3 Å². The number of H-pyrrole nitrogens is 1. The number of imidazole rings is 1. The molecule has 2 N–H and O–H groups in total. The number of aryl methyl sites for hydroxylation is 1. The standard InChI is InChI=1S/C22H17FN6/c1-13-5-4-8-17-19(13)29-20(14-6-2-3-7-15(14)23)18(28-17)11-25-22-21-16(9-10-24-22)26-12-27-21/h2-10,12H,11H2,1H3,(H,24,25)(H,26,27). The lowest BCUT2D eigenvalue weighted by atomic mass is 10.1. The molecule has 0 atom stereocenters. The highest BCUT2D eigenvalue weighted by Gasteiger charge is 2.16. The molecular formula is C22H17FN6. The minimum absolute atomic E-state index is 0.330. The molecule has 0 bridgehead atoms. The van der Waals surface area contributed by atoms with E-state index < -0.39 is 0 Å². The molecule has 0 fully saturated rings. The molecule has 0 spiro atoms. The third-order valence-corrected chi connectivity index (χ3v) is 4.86. The Labute approximate surface area is 165 Å². The summed E-state index contributed by atoms with van der Waals surface area (Å²) in [5.41, 5.74) is 5.74. The Hall–Kier alpha value is -3.87. The van der Waals surface area contributed by atoms with Crippen LogP contribution in [-0.4, -0.2) is 24.9 Å². The summed E-state index contributed by atoms with van der Waals surface area (Å²) < 4.78 is 14.6. The molecule has 0 radical (unpaired) electrons. The van der Waals surface area contributed by atoms with Crippen LogP contribution in [0.15, 0.2) is 61.1 Å². The van der Waals surface area contributed by atoms with Gasteiger partial charge in [0.25, 0.3) is 0 Å². The molecule has 5 aromatic rings. The predicted octanol–water partition coefficient (Wildman–Crippen LogP) is 4.63.